The van der Waals surface area contributed by atoms with Crippen molar-refractivity contribution in [1.29, 1.82) is 0 Å². The van der Waals surface area contributed by atoms with E-state index in [-0.39, 0.29) is 65.7 Å². The molecule has 1 atom stereocenters. The van der Waals surface area contributed by atoms with Gasteiger partial charge in [0.25, 0.3) is 0 Å². The second-order valence-electron chi connectivity index (χ2n) is 4.99. The second kappa shape index (κ2) is 7.27. The molecule has 1 aromatic rings. The topological polar surface area (TPSA) is 29.1 Å². The van der Waals surface area contributed by atoms with Crippen LogP contribution in [-0.2, 0) is 0 Å². The first-order valence-electron chi connectivity index (χ1n) is 5.37. The molecule has 0 aliphatic rings. The minimum Gasteiger partial charge on any atom is -1.00 e. The average Bonchev–Trinajstić information content (AvgIpc) is 2.14. The molecule has 0 heterocycles. The van der Waals surface area contributed by atoms with Gasteiger partial charge in [-0.2, -0.15) is 0 Å². The molecule has 92 valence electrons. The van der Waals surface area contributed by atoms with Gasteiger partial charge in [-0.25, -0.2) is 0 Å². The van der Waals surface area contributed by atoms with E-state index in [9.17, 15) is 4.79 Å². The first-order chi connectivity index (χ1) is 7.29. The van der Waals surface area contributed by atoms with Gasteiger partial charge in [-0.15, -0.1) is 0 Å². The zero-order chi connectivity index (χ0) is 12.3. The van der Waals surface area contributed by atoms with E-state index in [4.69, 9.17) is 11.6 Å². The summed E-state index contributed by atoms with van der Waals surface area (Å²) in [5, 5.41) is 3.84. The Bertz CT molecular complexity index is 396. The predicted molar refractivity (Wildman–Crippen MR) is 76.1 cm³/mol. The molecule has 17 heavy (non-hydrogen) atoms. The van der Waals surface area contributed by atoms with Gasteiger partial charge in [0.2, 0.25) is 0 Å². The molecule has 0 amide bonds. The minimum absolute atomic E-state index is 0. The van der Waals surface area contributed by atoms with Crippen LogP contribution in [0, 0.1) is 0 Å². The Morgan fingerprint density at radius 1 is 1.41 bits per heavy atom. The van der Waals surface area contributed by atoms with Crippen molar-refractivity contribution in [2.75, 3.05) is 0 Å². The number of ketones is 1. The van der Waals surface area contributed by atoms with E-state index in [1.807, 2.05) is 27.7 Å². The van der Waals surface area contributed by atoms with Gasteiger partial charge in [-0.3, -0.25) is 4.79 Å². The molecular weight excluding hydrogens is 309 g/mol. The van der Waals surface area contributed by atoms with E-state index in [1.54, 1.807) is 24.3 Å². The summed E-state index contributed by atoms with van der Waals surface area (Å²) in [6.45, 7) is 7.98. The van der Waals surface area contributed by atoms with Crippen molar-refractivity contribution in [3.63, 3.8) is 0 Å². The van der Waals surface area contributed by atoms with Gasteiger partial charge in [0.05, 0.1) is 6.04 Å². The predicted octanol–water partition coefficient (Wildman–Crippen LogP) is 3.14. The van der Waals surface area contributed by atoms with E-state index < -0.39 is 0 Å². The van der Waals surface area contributed by atoms with Crippen LogP contribution in [0.4, 0.5) is 0 Å². The molecule has 0 fully saturated rings. The van der Waals surface area contributed by atoms with Gasteiger partial charge in [0.1, 0.15) is 0 Å². The quantitative estimate of drug-likeness (QED) is 0.682. The Balaban J connectivity index is -0.000000853. The first-order valence-corrected chi connectivity index (χ1v) is 5.75. The number of nitrogens with one attached hydrogen (secondary N) is 1. The van der Waals surface area contributed by atoms with Crippen LogP contribution in [0.25, 0.3) is 0 Å². The number of benzene rings is 1. The molecule has 0 saturated heterocycles. The van der Waals surface area contributed by atoms with Crippen LogP contribution in [-0.4, -0.2) is 62.8 Å². The van der Waals surface area contributed by atoms with Crippen LogP contribution in [0.3, 0.4) is 0 Å². The number of hydrogen-bond acceptors (Lipinski definition) is 2. The van der Waals surface area contributed by atoms with Crippen molar-refractivity contribution in [3.8, 4) is 0 Å². The summed E-state index contributed by atoms with van der Waals surface area (Å²) in [5.41, 5.74) is 0.574. The molecule has 0 aromatic heterocycles. The van der Waals surface area contributed by atoms with E-state index in [2.05, 4.69) is 5.32 Å². The molecule has 4 heteroatoms. The molecule has 1 rings (SSSR count). The average molecular weight is 329 g/mol. The van der Waals surface area contributed by atoms with Crippen LogP contribution in [0.2, 0.25) is 5.02 Å². The number of Topliss-reactive ketones (excluding diaryl/α,β-unsaturated/α-hetero) is 1. The van der Waals surface area contributed by atoms with E-state index >= 15 is 0 Å². The maximum absolute atomic E-state index is 12.1. The SMILES string of the molecule is CC(NC(C)(C)C)C(=O)c1cccc(Cl)c1.[H-].[H-].[Sr+2]. The van der Waals surface area contributed by atoms with Crippen molar-refractivity contribution in [1.82, 2.24) is 5.32 Å². The summed E-state index contributed by atoms with van der Waals surface area (Å²) < 4.78 is 0. The Morgan fingerprint density at radius 3 is 2.47 bits per heavy atom. The maximum atomic E-state index is 12.1. The van der Waals surface area contributed by atoms with Gasteiger partial charge in [0, 0.05) is 16.1 Å². The molecule has 2 nitrogen and oxygen atoms in total. The van der Waals surface area contributed by atoms with Gasteiger partial charge >= 0.3 is 45.5 Å². The monoisotopic (exact) mass is 329 g/mol. The Hall–Kier alpha value is 0.621. The molecule has 0 radical (unpaired) electrons. The third-order valence-electron chi connectivity index (χ3n) is 2.15. The molecule has 0 bridgehead atoms. The molecule has 0 aliphatic carbocycles. The molecule has 1 N–H and O–H groups in total. The fourth-order valence-electron chi connectivity index (χ4n) is 1.61. The van der Waals surface area contributed by atoms with Crippen molar-refractivity contribution >= 4 is 62.9 Å². The van der Waals surface area contributed by atoms with Crippen LogP contribution in [0.1, 0.15) is 40.9 Å². The Kier molecular flexibility index (Phi) is 7.53. The molecular formula is C13H20ClNOSr. The van der Waals surface area contributed by atoms with Crippen LogP contribution >= 0.6 is 11.6 Å². The summed E-state index contributed by atoms with van der Waals surface area (Å²) in [7, 11) is 0. The molecule has 0 spiro atoms. The third-order valence-corrected chi connectivity index (χ3v) is 2.39. The number of carbonyl (C=O) groups excluding carboxylic acids is 1. The van der Waals surface area contributed by atoms with Crippen LogP contribution < -0.4 is 5.32 Å². The second-order valence-corrected chi connectivity index (χ2v) is 5.43. The van der Waals surface area contributed by atoms with Crippen molar-refractivity contribution in [2.45, 2.75) is 39.3 Å². The normalized spacial score (nSPS) is 12.8. The zero-order valence-electron chi connectivity index (χ0n) is 12.9. The Labute approximate surface area is 148 Å². The number of halogens is 1. The largest absolute Gasteiger partial charge is 2.00 e. The molecule has 1 aromatic carbocycles. The number of carbonyl (C=O) groups is 1. The van der Waals surface area contributed by atoms with Gasteiger partial charge in [-0.1, -0.05) is 23.7 Å². The number of hydrogen-bond donors (Lipinski definition) is 1. The molecule has 1 unspecified atom stereocenters. The minimum atomic E-state index is -0.210. The van der Waals surface area contributed by atoms with Gasteiger partial charge in [-0.05, 0) is 39.8 Å². The van der Waals surface area contributed by atoms with Gasteiger partial charge < -0.3 is 8.17 Å². The third kappa shape index (κ3) is 6.37. The maximum Gasteiger partial charge on any atom is 2.00 e. The van der Waals surface area contributed by atoms with Crippen molar-refractivity contribution in [3.05, 3.63) is 34.9 Å². The standard InChI is InChI=1S/C13H18ClNO.Sr.2H/c1-9(15-13(2,3)4)12(16)10-6-5-7-11(14)8-10;;;/h5-9,15H,1-4H3;;;/q;+2;2*-1. The Morgan fingerprint density at radius 2 is 2.00 bits per heavy atom. The number of rotatable bonds is 3. The van der Waals surface area contributed by atoms with Crippen LogP contribution in [0.15, 0.2) is 24.3 Å². The molecule has 0 saturated carbocycles. The summed E-state index contributed by atoms with van der Waals surface area (Å²) >= 11 is 5.85. The van der Waals surface area contributed by atoms with Crippen molar-refractivity contribution in [2.24, 2.45) is 0 Å². The fraction of sp³-hybridized carbons (Fsp3) is 0.462. The van der Waals surface area contributed by atoms with Crippen molar-refractivity contribution < 1.29 is 7.65 Å². The molecule has 0 aliphatic heterocycles. The summed E-state index contributed by atoms with van der Waals surface area (Å²) in [5.74, 6) is 0.0671. The fourth-order valence-corrected chi connectivity index (χ4v) is 1.80. The summed E-state index contributed by atoms with van der Waals surface area (Å²) in [6.07, 6.45) is 0. The summed E-state index contributed by atoms with van der Waals surface area (Å²) in [4.78, 5) is 12.1. The van der Waals surface area contributed by atoms with E-state index in [0.29, 0.717) is 10.6 Å². The van der Waals surface area contributed by atoms with Crippen LogP contribution in [0.5, 0.6) is 0 Å². The zero-order valence-corrected chi connectivity index (χ0v) is 15.1. The summed E-state index contributed by atoms with van der Waals surface area (Å²) in [6, 6.07) is 6.83. The van der Waals surface area contributed by atoms with E-state index in [1.165, 1.54) is 0 Å². The smallest absolute Gasteiger partial charge is 1.00 e. The van der Waals surface area contributed by atoms with Gasteiger partial charge in [0.15, 0.2) is 5.78 Å². The van der Waals surface area contributed by atoms with E-state index in [0.717, 1.165) is 0 Å². The first kappa shape index (κ1) is 17.6.